The second-order valence-electron chi connectivity index (χ2n) is 5.17. The zero-order valence-corrected chi connectivity index (χ0v) is 14.7. The summed E-state index contributed by atoms with van der Waals surface area (Å²) in [6.45, 7) is 0. The van der Waals surface area contributed by atoms with Gasteiger partial charge in [0.15, 0.2) is 5.78 Å². The quantitative estimate of drug-likeness (QED) is 0.483. The number of hydrogen-bond donors (Lipinski definition) is 1. The molecule has 0 atom stereocenters. The third kappa shape index (κ3) is 4.78. The molecule has 1 N–H and O–H groups in total. The van der Waals surface area contributed by atoms with Gasteiger partial charge < -0.3 is 5.32 Å². The molecule has 1 heterocycles. The number of hydrogen-bond acceptors (Lipinski definition) is 4. The summed E-state index contributed by atoms with van der Waals surface area (Å²) >= 11 is 2.79. The topological polar surface area (TPSA) is 46.2 Å². The van der Waals surface area contributed by atoms with E-state index in [9.17, 15) is 14.0 Å². The summed E-state index contributed by atoms with van der Waals surface area (Å²) in [6.07, 6.45) is 0. The lowest BCUT2D eigenvalue weighted by atomic mass is 10.1. The fraction of sp³-hybridized carbons (Fsp3) is 0.0526. The van der Waals surface area contributed by atoms with Gasteiger partial charge in [0.05, 0.1) is 10.6 Å². The zero-order chi connectivity index (χ0) is 17.6. The molecule has 0 fully saturated rings. The van der Waals surface area contributed by atoms with Crippen molar-refractivity contribution in [2.75, 3.05) is 11.1 Å². The van der Waals surface area contributed by atoms with Crippen LogP contribution >= 0.6 is 23.1 Å². The molecule has 25 heavy (non-hydrogen) atoms. The Morgan fingerprint density at radius 2 is 1.72 bits per heavy atom. The Labute approximate surface area is 152 Å². The first-order valence-corrected chi connectivity index (χ1v) is 9.35. The monoisotopic (exact) mass is 371 g/mol. The number of halogens is 1. The van der Waals surface area contributed by atoms with Crippen molar-refractivity contribution < 1.29 is 14.0 Å². The second-order valence-corrected chi connectivity index (χ2v) is 7.17. The lowest BCUT2D eigenvalue weighted by Gasteiger charge is -2.06. The van der Waals surface area contributed by atoms with Gasteiger partial charge in [0, 0.05) is 16.1 Å². The first-order chi connectivity index (χ1) is 12.1. The molecule has 3 nitrogen and oxygen atoms in total. The van der Waals surface area contributed by atoms with Crippen LogP contribution in [0.5, 0.6) is 0 Å². The molecule has 0 aliphatic carbocycles. The van der Waals surface area contributed by atoms with Crippen LogP contribution in [0, 0.1) is 5.82 Å². The van der Waals surface area contributed by atoms with Crippen molar-refractivity contribution in [2.45, 2.75) is 4.90 Å². The second kappa shape index (κ2) is 8.09. The van der Waals surface area contributed by atoms with Gasteiger partial charge in [-0.25, -0.2) is 4.39 Å². The largest absolute Gasteiger partial charge is 0.321 e. The van der Waals surface area contributed by atoms with Gasteiger partial charge in [-0.05, 0) is 60.0 Å². The van der Waals surface area contributed by atoms with Gasteiger partial charge in [-0.2, -0.15) is 0 Å². The van der Waals surface area contributed by atoms with Crippen molar-refractivity contribution in [1.29, 1.82) is 0 Å². The Morgan fingerprint density at radius 3 is 2.36 bits per heavy atom. The highest BCUT2D eigenvalue weighted by Gasteiger charge is 2.08. The van der Waals surface area contributed by atoms with Crippen molar-refractivity contribution in [1.82, 2.24) is 0 Å². The highest BCUT2D eigenvalue weighted by molar-refractivity contribution is 8.00. The van der Waals surface area contributed by atoms with Gasteiger partial charge in [0.1, 0.15) is 5.82 Å². The van der Waals surface area contributed by atoms with E-state index in [4.69, 9.17) is 0 Å². The van der Waals surface area contributed by atoms with Crippen LogP contribution in [-0.4, -0.2) is 17.4 Å². The standard InChI is InChI=1S/C19H14FNO2S2/c20-14-5-3-13(4-6-14)17(22)12-25-16-9-7-15(8-10-16)21-19(23)18-2-1-11-24-18/h1-11H,12H2,(H,21,23). The Bertz CT molecular complexity index is 859. The summed E-state index contributed by atoms with van der Waals surface area (Å²) in [5.74, 6) is -0.279. The van der Waals surface area contributed by atoms with Crippen molar-refractivity contribution in [2.24, 2.45) is 0 Å². The molecule has 0 unspecified atom stereocenters. The maximum Gasteiger partial charge on any atom is 0.265 e. The van der Waals surface area contributed by atoms with E-state index in [1.165, 1.54) is 47.4 Å². The van der Waals surface area contributed by atoms with Crippen LogP contribution in [-0.2, 0) is 0 Å². The molecule has 1 amide bonds. The number of benzene rings is 2. The smallest absolute Gasteiger partial charge is 0.265 e. The van der Waals surface area contributed by atoms with E-state index in [-0.39, 0.29) is 23.3 Å². The molecule has 0 aliphatic heterocycles. The number of carbonyl (C=O) groups excluding carboxylic acids is 2. The number of ketones is 1. The van der Waals surface area contributed by atoms with E-state index >= 15 is 0 Å². The van der Waals surface area contributed by atoms with Gasteiger partial charge in [-0.1, -0.05) is 6.07 Å². The van der Waals surface area contributed by atoms with Crippen molar-refractivity contribution in [3.8, 4) is 0 Å². The molecule has 0 radical (unpaired) electrons. The lowest BCUT2D eigenvalue weighted by Crippen LogP contribution is -2.09. The van der Waals surface area contributed by atoms with E-state index in [1.54, 1.807) is 18.2 Å². The predicted octanol–water partition coefficient (Wildman–Crippen LogP) is 5.11. The normalized spacial score (nSPS) is 10.4. The Kier molecular flexibility index (Phi) is 5.63. The van der Waals surface area contributed by atoms with Crippen LogP contribution in [0.1, 0.15) is 20.0 Å². The molecular formula is C19H14FNO2S2. The maximum absolute atomic E-state index is 12.9. The molecule has 3 rings (SSSR count). The molecule has 2 aromatic carbocycles. The minimum Gasteiger partial charge on any atom is -0.321 e. The minimum absolute atomic E-state index is 0.0555. The first kappa shape index (κ1) is 17.4. The Morgan fingerprint density at radius 1 is 1.00 bits per heavy atom. The maximum atomic E-state index is 12.9. The Balaban J connectivity index is 1.54. The summed E-state index contributed by atoms with van der Waals surface area (Å²) < 4.78 is 12.9. The minimum atomic E-state index is -0.357. The molecular weight excluding hydrogens is 357 g/mol. The van der Waals surface area contributed by atoms with Crippen LogP contribution in [0.2, 0.25) is 0 Å². The molecule has 0 spiro atoms. The highest BCUT2D eigenvalue weighted by atomic mass is 32.2. The molecule has 1 aromatic heterocycles. The van der Waals surface area contributed by atoms with E-state index in [1.807, 2.05) is 23.6 Å². The van der Waals surface area contributed by atoms with E-state index in [0.717, 1.165) is 4.90 Å². The number of carbonyl (C=O) groups is 2. The average Bonchev–Trinajstić information content (AvgIpc) is 3.16. The number of Topliss-reactive ketones (excluding diaryl/α,β-unsaturated/α-hetero) is 1. The average molecular weight is 371 g/mol. The summed E-state index contributed by atoms with van der Waals surface area (Å²) in [7, 11) is 0. The number of nitrogens with one attached hydrogen (secondary N) is 1. The van der Waals surface area contributed by atoms with E-state index in [2.05, 4.69) is 5.32 Å². The van der Waals surface area contributed by atoms with Crippen LogP contribution in [0.3, 0.4) is 0 Å². The third-order valence-corrected chi connectivity index (χ3v) is 5.27. The Hall–Kier alpha value is -2.44. The van der Waals surface area contributed by atoms with Gasteiger partial charge in [0.2, 0.25) is 0 Å². The van der Waals surface area contributed by atoms with Gasteiger partial charge in [0.25, 0.3) is 5.91 Å². The summed E-state index contributed by atoms with van der Waals surface area (Å²) in [5, 5.41) is 4.68. The predicted molar refractivity (Wildman–Crippen MR) is 100 cm³/mol. The molecule has 0 bridgehead atoms. The van der Waals surface area contributed by atoms with Crippen LogP contribution in [0.15, 0.2) is 70.9 Å². The lowest BCUT2D eigenvalue weighted by molar-refractivity contribution is 0.101. The highest BCUT2D eigenvalue weighted by Crippen LogP contribution is 2.22. The van der Waals surface area contributed by atoms with Crippen molar-refractivity contribution in [3.05, 3.63) is 82.3 Å². The van der Waals surface area contributed by atoms with Gasteiger partial charge in [-0.3, -0.25) is 9.59 Å². The SMILES string of the molecule is O=C(CSc1ccc(NC(=O)c2cccs2)cc1)c1ccc(F)cc1. The summed E-state index contributed by atoms with van der Waals surface area (Å²) in [4.78, 5) is 25.6. The zero-order valence-electron chi connectivity index (χ0n) is 13.1. The molecule has 0 saturated heterocycles. The van der Waals surface area contributed by atoms with Crippen LogP contribution in [0.4, 0.5) is 10.1 Å². The van der Waals surface area contributed by atoms with Gasteiger partial charge >= 0.3 is 0 Å². The van der Waals surface area contributed by atoms with E-state index in [0.29, 0.717) is 16.1 Å². The summed E-state index contributed by atoms with van der Waals surface area (Å²) in [6, 6.07) is 16.4. The molecule has 3 aromatic rings. The van der Waals surface area contributed by atoms with Crippen molar-refractivity contribution in [3.63, 3.8) is 0 Å². The molecule has 0 aliphatic rings. The molecule has 0 saturated carbocycles. The van der Waals surface area contributed by atoms with Crippen LogP contribution < -0.4 is 5.32 Å². The first-order valence-electron chi connectivity index (χ1n) is 7.48. The number of thiophene rings is 1. The number of thioether (sulfide) groups is 1. The van der Waals surface area contributed by atoms with Crippen molar-refractivity contribution >= 4 is 40.5 Å². The molecule has 6 heteroatoms. The fourth-order valence-corrected chi connectivity index (χ4v) is 3.51. The number of anilines is 1. The number of amides is 1. The van der Waals surface area contributed by atoms with Crippen LogP contribution in [0.25, 0.3) is 0 Å². The molecule has 126 valence electrons. The number of rotatable bonds is 6. The van der Waals surface area contributed by atoms with Gasteiger partial charge in [-0.15, -0.1) is 23.1 Å². The van der Waals surface area contributed by atoms with E-state index < -0.39 is 0 Å². The summed E-state index contributed by atoms with van der Waals surface area (Å²) in [5.41, 5.74) is 1.20. The fourth-order valence-electron chi connectivity index (χ4n) is 2.10. The third-order valence-electron chi connectivity index (χ3n) is 3.39.